The van der Waals surface area contributed by atoms with Crippen molar-refractivity contribution in [1.29, 1.82) is 0 Å². The Morgan fingerprint density at radius 3 is 0.980 bits per heavy atom. The molecule has 26 nitrogen and oxygen atoms in total. The van der Waals surface area contributed by atoms with Gasteiger partial charge in [0.15, 0.2) is 0 Å². The minimum absolute atomic E-state index is 0. The van der Waals surface area contributed by atoms with Crippen LogP contribution in [0.15, 0.2) is 107 Å². The predicted molar refractivity (Wildman–Crippen MR) is 410 cm³/mol. The van der Waals surface area contributed by atoms with Crippen LogP contribution in [0.1, 0.15) is 103 Å². The van der Waals surface area contributed by atoms with Gasteiger partial charge in [-0.15, -0.1) is 0 Å². The molecule has 0 heterocycles. The largest absolute Gasteiger partial charge is 1.00 e. The van der Waals surface area contributed by atoms with Gasteiger partial charge in [-0.25, -0.2) is 0 Å². The minimum Gasteiger partial charge on any atom is -0.537 e. The number of aliphatic carboxylic acids is 2. The molecule has 38 heteroatoms. The molecule has 543 valence electrons. The summed E-state index contributed by atoms with van der Waals surface area (Å²) in [5, 5.41) is 83.3. The molecule has 6 rings (SSSR count). The number of hydrogen-bond donors (Lipinski definition) is 9. The summed E-state index contributed by atoms with van der Waals surface area (Å²) < 4.78 is 31.0. The van der Waals surface area contributed by atoms with Gasteiger partial charge >= 0.3 is 85.3 Å². The Morgan fingerprint density at radius 2 is 0.800 bits per heavy atom. The number of ether oxygens (including phenoxy) is 1. The van der Waals surface area contributed by atoms with E-state index in [4.69, 9.17) is 114 Å². The average Bonchev–Trinajstić information content (AvgIpc) is 0.859. The van der Waals surface area contributed by atoms with E-state index in [9.17, 15) is 0 Å². The fourth-order valence-electron chi connectivity index (χ4n) is 5.95. The van der Waals surface area contributed by atoms with Gasteiger partial charge in [0.1, 0.15) is 11.5 Å². The summed E-state index contributed by atoms with van der Waals surface area (Å²) in [5.41, 5.74) is 41.9. The fourth-order valence-corrected chi connectivity index (χ4v) is 7.45. The monoisotopic (exact) mass is 1710 g/mol. The second-order valence-electron chi connectivity index (χ2n) is 18.6. The molecule has 0 unspecified atom stereocenters. The maximum Gasteiger partial charge on any atom is 1.00 e. The van der Waals surface area contributed by atoms with Crippen molar-refractivity contribution in [2.75, 3.05) is 41.7 Å². The van der Waals surface area contributed by atoms with E-state index in [1.54, 1.807) is 102 Å². The zero-order valence-corrected chi connectivity index (χ0v) is 69.6. The molecule has 0 aliphatic heterocycles. The van der Waals surface area contributed by atoms with Crippen LogP contribution in [0.4, 0.5) is 11.4 Å². The number of unbranched alkanes of at least 4 members (excludes halogenated alkanes) is 1. The third-order valence-corrected chi connectivity index (χ3v) is 13.5. The molecule has 0 bridgehead atoms. The summed E-state index contributed by atoms with van der Waals surface area (Å²) in [7, 11) is 3.24. The van der Waals surface area contributed by atoms with Crippen LogP contribution < -0.4 is 68.7 Å². The van der Waals surface area contributed by atoms with E-state index in [1.165, 1.54) is 62.1 Å². The van der Waals surface area contributed by atoms with Crippen LogP contribution in [0.2, 0.25) is 10.0 Å². The molecule has 0 saturated carbocycles. The third-order valence-electron chi connectivity index (χ3n) is 10.7. The second kappa shape index (κ2) is 77.4. The van der Waals surface area contributed by atoms with Crippen LogP contribution in [0.25, 0.3) is 36.9 Å². The molecule has 0 spiro atoms. The smallest absolute Gasteiger partial charge is 0.537 e. The number of carboxylic acids is 2. The number of aliphatic hydroxyl groups excluding tert-OH is 1. The number of hydrogen-bond acceptors (Lipinski definition) is 17. The Bertz CT molecular complexity index is 2950. The maximum absolute atomic E-state index is 9.01. The van der Waals surface area contributed by atoms with Crippen LogP contribution in [-0.2, 0) is 45.4 Å². The quantitative estimate of drug-likeness (QED) is 0.0124. The first kappa shape index (κ1) is 117. The van der Waals surface area contributed by atoms with Gasteiger partial charge in [-0.05, 0) is 255 Å². The van der Waals surface area contributed by atoms with E-state index < -0.39 is 33.5 Å². The van der Waals surface area contributed by atoms with Crippen molar-refractivity contribution in [2.45, 2.75) is 117 Å². The molecule has 0 aliphatic carbocycles. The zero-order chi connectivity index (χ0) is 76.8. The SMILES string of the molecule is CC(=O)O.CC(=O)O.CCOCC.CO.COB(OC)OC.Cc1cc(B(O)O)c(C)cc1O[B]O.Cc1cc(B(O)O)c(C)cc1O[B]O.Cc1cc(I)c(C)cc1I.Cc1cc(N=[N+]=[N-])c(C)cc1N=[N+]=[N-].Cc1ccc(C)cc1.Clc1ccc(Cl)cc1.[CH2-]CCC.[Cu].[Li+].[N-]=[N+]=[N-].[Na+]. The standard InChI is InChI=1S/2C8H11B2O4.C8H8I2.C8H8N6.C8H10.C6H4Cl2.C4H10O.C4H9.C3H9BO3.2C2H4O2.CH4O.Cu.Li.N3.Na/c2*1-5-4-8(14-9-11)6(2)3-7(5)10(12)13;1-5-3-8(10)6(2)4-7(5)9;1-5-3-8(12-14-10)6(2)4-7(5)11-13-9;1-7-3-5-8(2)6-4-7;7-5-1-2-6(8)4-3-5;1-3-5-4-2;1-3-4-2;1-5-4(6-2)7-3;2*1-2(3)4;1-2;;;1-3-2;/h2*3-4,11-13H,1-2H3;3-4H,1-2H3;3-4H,1-2H3;3-6H,1-2H3;1-4H;3-4H2,1-2H3;1,3-4H2,2H3;1-3H3;2*1H3,(H,3,4);2H,1H3;;;;/q;;;;;;;-1;;;;;;+1;-1;+1. The number of halogens is 4. The van der Waals surface area contributed by atoms with Gasteiger partial charge in [-0.2, -0.15) is 6.42 Å². The van der Waals surface area contributed by atoms with Crippen LogP contribution in [0.5, 0.6) is 11.5 Å². The number of carbonyl (C=O) groups is 2. The van der Waals surface area contributed by atoms with E-state index in [0.29, 0.717) is 60.3 Å². The summed E-state index contributed by atoms with van der Waals surface area (Å²) in [6, 6.07) is 29.8. The summed E-state index contributed by atoms with van der Waals surface area (Å²) in [5.74, 6) is -0.677. The van der Waals surface area contributed by atoms with Crippen molar-refractivity contribution in [2.24, 2.45) is 10.2 Å². The third kappa shape index (κ3) is 68.3. The zero-order valence-electron chi connectivity index (χ0n) is 60.8. The number of aryl methyl sites for hydroxylation is 10. The van der Waals surface area contributed by atoms with Crippen LogP contribution in [0, 0.1) is 83.3 Å². The van der Waals surface area contributed by atoms with Crippen molar-refractivity contribution < 1.29 is 149 Å². The normalized spacial score (nSPS) is 8.43. The molecule has 6 aromatic carbocycles. The number of aliphatic hydroxyl groups is 1. The van der Waals surface area contributed by atoms with Crippen LogP contribution in [-0.4, -0.2) is 136 Å². The molecule has 0 aliphatic rings. The number of azide groups is 2. The van der Waals surface area contributed by atoms with Gasteiger partial charge in [-0.1, -0.05) is 94.3 Å². The van der Waals surface area contributed by atoms with Gasteiger partial charge in [0.25, 0.3) is 11.9 Å². The fraction of sp³-hybridized carbons (Fsp3) is 0.371. The first-order valence-electron chi connectivity index (χ1n) is 28.6. The first-order valence-corrected chi connectivity index (χ1v) is 31.5. The number of rotatable bonds is 14. The van der Waals surface area contributed by atoms with Crippen molar-refractivity contribution >= 4 is 140 Å². The molecule has 0 amide bonds. The number of carboxylic acid groups (broad SMARTS) is 2. The topological polar surface area (TPSA) is 428 Å². The molecular formula is C62H92B5Cl2CuI2LiN9NaO17. The molecule has 3 radical (unpaired) electrons. The average molecular weight is 1710 g/mol. The second-order valence-corrected chi connectivity index (χ2v) is 21.8. The molecule has 0 aromatic heterocycles. The number of benzene rings is 6. The van der Waals surface area contributed by atoms with Crippen molar-refractivity contribution in [3.05, 3.63) is 214 Å². The Balaban J connectivity index is -0.000000113. The van der Waals surface area contributed by atoms with E-state index in [0.717, 1.165) is 72.9 Å². The molecule has 9 N–H and O–H groups in total. The molecule has 100 heavy (non-hydrogen) atoms. The minimum atomic E-state index is -1.49. The number of nitrogens with zero attached hydrogens (tertiary/aromatic N) is 9. The molecule has 0 atom stereocenters. The summed E-state index contributed by atoms with van der Waals surface area (Å²) in [4.78, 5) is 24.9. The van der Waals surface area contributed by atoms with Crippen LogP contribution >= 0.6 is 68.4 Å². The van der Waals surface area contributed by atoms with Gasteiger partial charge in [0.05, 0.1) is 0 Å². The van der Waals surface area contributed by atoms with Gasteiger partial charge in [-0.3, -0.25) is 14.5 Å². The maximum atomic E-state index is 9.01. The van der Waals surface area contributed by atoms with Gasteiger partial charge < -0.3 is 91.5 Å². The van der Waals surface area contributed by atoms with Gasteiger partial charge in [0.2, 0.25) is 0 Å². The summed E-state index contributed by atoms with van der Waals surface area (Å²) >= 11 is 15.8. The van der Waals surface area contributed by atoms with Gasteiger partial charge in [0, 0.05) is 111 Å². The van der Waals surface area contributed by atoms with Crippen molar-refractivity contribution in [3.63, 3.8) is 0 Å². The van der Waals surface area contributed by atoms with E-state index in [-0.39, 0.29) is 65.5 Å². The predicted octanol–water partition coefficient (Wildman–Crippen LogP) is 8.01. The Morgan fingerprint density at radius 1 is 0.540 bits per heavy atom. The Kier molecular flexibility index (Phi) is 90.6. The summed E-state index contributed by atoms with van der Waals surface area (Å²) in [6.07, 6.45) is 2.28. The Hall–Kier alpha value is -4.17. The van der Waals surface area contributed by atoms with E-state index in [2.05, 4.69) is 157 Å². The van der Waals surface area contributed by atoms with E-state index in [1.807, 2.05) is 13.8 Å². The van der Waals surface area contributed by atoms with Crippen LogP contribution in [0.3, 0.4) is 0 Å². The Labute approximate surface area is 675 Å². The molecular weight excluding hydrogens is 1610 g/mol. The molecule has 0 fully saturated rings. The molecule has 0 saturated heterocycles. The van der Waals surface area contributed by atoms with Crippen molar-refractivity contribution in [1.82, 2.24) is 0 Å². The first-order chi connectivity index (χ1) is 45.5. The summed E-state index contributed by atoms with van der Waals surface area (Å²) in [6.45, 7) is 32.6. The molecule has 6 aromatic rings. The van der Waals surface area contributed by atoms with E-state index >= 15 is 0 Å². The van der Waals surface area contributed by atoms with Crippen molar-refractivity contribution in [3.8, 4) is 11.5 Å².